The van der Waals surface area contributed by atoms with Crippen LogP contribution in [0.15, 0.2) is 24.4 Å². The Hall–Kier alpha value is -1.62. The minimum absolute atomic E-state index is 0.174. The Balaban J connectivity index is 2.05. The van der Waals surface area contributed by atoms with E-state index in [9.17, 15) is 4.79 Å². The van der Waals surface area contributed by atoms with Gasteiger partial charge in [-0.3, -0.25) is 4.98 Å². The molecule has 5 nitrogen and oxygen atoms in total. The summed E-state index contributed by atoms with van der Waals surface area (Å²) in [5.74, 6) is 0. The third-order valence-corrected chi connectivity index (χ3v) is 2.11. The Labute approximate surface area is 102 Å². The molecule has 0 aromatic carbocycles. The van der Waals surface area contributed by atoms with E-state index in [4.69, 9.17) is 4.74 Å². The highest BCUT2D eigenvalue weighted by atomic mass is 16.5. The molecule has 1 aromatic heterocycles. The van der Waals surface area contributed by atoms with E-state index < -0.39 is 0 Å². The number of carbonyl (C=O) groups excluding carboxylic acids is 1. The molecule has 0 radical (unpaired) electrons. The number of nitrogens with one attached hydrogen (secondary N) is 2. The minimum atomic E-state index is -0.174. The highest BCUT2D eigenvalue weighted by molar-refractivity contribution is 5.73. The lowest BCUT2D eigenvalue weighted by atomic mass is 10.3. The summed E-state index contributed by atoms with van der Waals surface area (Å²) in [4.78, 5) is 15.5. The van der Waals surface area contributed by atoms with Crippen molar-refractivity contribution < 1.29 is 9.53 Å². The second-order valence-corrected chi connectivity index (χ2v) is 3.48. The minimum Gasteiger partial charge on any atom is -0.382 e. The fraction of sp³-hybridized carbons (Fsp3) is 0.500. The van der Waals surface area contributed by atoms with Gasteiger partial charge in [0, 0.05) is 26.0 Å². The van der Waals surface area contributed by atoms with Gasteiger partial charge in [0.2, 0.25) is 0 Å². The smallest absolute Gasteiger partial charge is 0.315 e. The maximum atomic E-state index is 11.4. The van der Waals surface area contributed by atoms with Gasteiger partial charge in [0.25, 0.3) is 0 Å². The molecule has 0 aliphatic heterocycles. The van der Waals surface area contributed by atoms with Crippen molar-refractivity contribution in [3.05, 3.63) is 30.1 Å². The molecule has 0 fully saturated rings. The molecule has 1 rings (SSSR count). The van der Waals surface area contributed by atoms with Gasteiger partial charge >= 0.3 is 6.03 Å². The molecule has 17 heavy (non-hydrogen) atoms. The third kappa shape index (κ3) is 6.52. The third-order valence-electron chi connectivity index (χ3n) is 2.11. The van der Waals surface area contributed by atoms with Gasteiger partial charge in [0.15, 0.2) is 0 Å². The van der Waals surface area contributed by atoms with Crippen LogP contribution < -0.4 is 10.6 Å². The van der Waals surface area contributed by atoms with Crippen LogP contribution in [0.3, 0.4) is 0 Å². The maximum Gasteiger partial charge on any atom is 0.315 e. The van der Waals surface area contributed by atoms with Crippen LogP contribution in [0.1, 0.15) is 19.0 Å². The van der Waals surface area contributed by atoms with Crippen LogP contribution in [0.25, 0.3) is 0 Å². The lowest BCUT2D eigenvalue weighted by Gasteiger charge is -2.07. The summed E-state index contributed by atoms with van der Waals surface area (Å²) in [6.45, 7) is 4.40. The molecule has 0 aliphatic carbocycles. The number of ether oxygens (including phenoxy) is 1. The molecule has 1 aromatic rings. The topological polar surface area (TPSA) is 63.2 Å². The Morgan fingerprint density at radius 1 is 1.41 bits per heavy atom. The molecule has 94 valence electrons. The quantitative estimate of drug-likeness (QED) is 0.703. The van der Waals surface area contributed by atoms with Crippen molar-refractivity contribution >= 4 is 6.03 Å². The van der Waals surface area contributed by atoms with Crippen LogP contribution in [0.2, 0.25) is 0 Å². The maximum absolute atomic E-state index is 11.4. The van der Waals surface area contributed by atoms with Gasteiger partial charge in [-0.2, -0.15) is 0 Å². The average Bonchev–Trinajstić information content (AvgIpc) is 2.37. The number of urea groups is 1. The van der Waals surface area contributed by atoms with Crippen molar-refractivity contribution in [1.82, 2.24) is 15.6 Å². The van der Waals surface area contributed by atoms with Crippen molar-refractivity contribution in [2.45, 2.75) is 19.9 Å². The highest BCUT2D eigenvalue weighted by Gasteiger charge is 1.99. The number of pyridine rings is 1. The molecule has 2 amide bonds. The van der Waals surface area contributed by atoms with Crippen LogP contribution in [0, 0.1) is 0 Å². The van der Waals surface area contributed by atoms with Gasteiger partial charge in [-0.25, -0.2) is 4.79 Å². The van der Waals surface area contributed by atoms with E-state index in [-0.39, 0.29) is 6.03 Å². The van der Waals surface area contributed by atoms with E-state index in [1.54, 1.807) is 6.20 Å². The standard InChI is InChI=1S/C12H19N3O2/c1-2-17-9-5-8-14-12(16)15-10-11-6-3-4-7-13-11/h3-4,6-7H,2,5,8-10H2,1H3,(H2,14,15,16). The summed E-state index contributed by atoms with van der Waals surface area (Å²) in [7, 11) is 0. The number of rotatable bonds is 7. The molecule has 2 N–H and O–H groups in total. The summed E-state index contributed by atoms with van der Waals surface area (Å²) in [5.41, 5.74) is 0.844. The number of nitrogens with zero attached hydrogens (tertiary/aromatic N) is 1. The molecule has 1 heterocycles. The predicted octanol–water partition coefficient (Wildman–Crippen LogP) is 1.31. The van der Waals surface area contributed by atoms with E-state index in [0.717, 1.165) is 12.1 Å². The van der Waals surface area contributed by atoms with Crippen LogP contribution in [0.4, 0.5) is 4.79 Å². The van der Waals surface area contributed by atoms with E-state index in [1.165, 1.54) is 0 Å². The number of carbonyl (C=O) groups is 1. The zero-order valence-corrected chi connectivity index (χ0v) is 10.1. The van der Waals surface area contributed by atoms with Crippen LogP contribution in [-0.2, 0) is 11.3 Å². The Bertz CT molecular complexity index is 317. The highest BCUT2D eigenvalue weighted by Crippen LogP contribution is 1.91. The fourth-order valence-electron chi connectivity index (χ4n) is 1.26. The lowest BCUT2D eigenvalue weighted by Crippen LogP contribution is -2.36. The van der Waals surface area contributed by atoms with Gasteiger partial charge in [-0.1, -0.05) is 6.07 Å². The van der Waals surface area contributed by atoms with Crippen molar-refractivity contribution in [3.8, 4) is 0 Å². The van der Waals surface area contributed by atoms with Crippen LogP contribution in [0.5, 0.6) is 0 Å². The van der Waals surface area contributed by atoms with Gasteiger partial charge in [0.1, 0.15) is 0 Å². The second kappa shape index (κ2) is 8.52. The monoisotopic (exact) mass is 237 g/mol. The molecule has 0 atom stereocenters. The first-order valence-electron chi connectivity index (χ1n) is 5.82. The van der Waals surface area contributed by atoms with E-state index in [0.29, 0.717) is 26.3 Å². The number of aromatic nitrogens is 1. The molecular weight excluding hydrogens is 218 g/mol. The first-order chi connectivity index (χ1) is 8.33. The van der Waals surface area contributed by atoms with E-state index >= 15 is 0 Å². The van der Waals surface area contributed by atoms with Crippen LogP contribution >= 0.6 is 0 Å². The lowest BCUT2D eigenvalue weighted by molar-refractivity contribution is 0.145. The van der Waals surface area contributed by atoms with E-state index in [2.05, 4.69) is 15.6 Å². The molecule has 0 bridgehead atoms. The summed E-state index contributed by atoms with van der Waals surface area (Å²) in [6.07, 6.45) is 2.53. The zero-order valence-electron chi connectivity index (χ0n) is 10.1. The molecule has 0 aliphatic rings. The van der Waals surface area contributed by atoms with Gasteiger partial charge < -0.3 is 15.4 Å². The number of hydrogen-bond acceptors (Lipinski definition) is 3. The predicted molar refractivity (Wildman–Crippen MR) is 65.6 cm³/mol. The van der Waals surface area contributed by atoms with Crippen molar-refractivity contribution in [3.63, 3.8) is 0 Å². The molecular formula is C12H19N3O2. The molecule has 0 saturated heterocycles. The van der Waals surface area contributed by atoms with Crippen molar-refractivity contribution in [2.75, 3.05) is 19.8 Å². The zero-order chi connectivity index (χ0) is 12.3. The van der Waals surface area contributed by atoms with Gasteiger partial charge in [-0.05, 0) is 25.5 Å². The Morgan fingerprint density at radius 2 is 2.29 bits per heavy atom. The first-order valence-corrected chi connectivity index (χ1v) is 5.82. The van der Waals surface area contributed by atoms with Crippen molar-refractivity contribution in [1.29, 1.82) is 0 Å². The van der Waals surface area contributed by atoms with Crippen LogP contribution in [-0.4, -0.2) is 30.8 Å². The molecule has 0 unspecified atom stereocenters. The van der Waals surface area contributed by atoms with E-state index in [1.807, 2.05) is 25.1 Å². The molecule has 0 saturated carbocycles. The first kappa shape index (κ1) is 13.4. The summed E-state index contributed by atoms with van der Waals surface area (Å²) in [5, 5.41) is 5.49. The number of hydrogen-bond donors (Lipinski definition) is 2. The molecule has 5 heteroatoms. The summed E-state index contributed by atoms with van der Waals surface area (Å²) in [6, 6.07) is 5.43. The SMILES string of the molecule is CCOCCCNC(=O)NCc1ccccn1. The Morgan fingerprint density at radius 3 is 3.00 bits per heavy atom. The fourth-order valence-corrected chi connectivity index (χ4v) is 1.26. The van der Waals surface area contributed by atoms with Gasteiger partial charge in [0.05, 0.1) is 12.2 Å². The summed E-state index contributed by atoms with van der Waals surface area (Å²) >= 11 is 0. The largest absolute Gasteiger partial charge is 0.382 e. The normalized spacial score (nSPS) is 9.94. The average molecular weight is 237 g/mol. The summed E-state index contributed by atoms with van der Waals surface area (Å²) < 4.78 is 5.16. The number of amides is 2. The second-order valence-electron chi connectivity index (χ2n) is 3.48. The molecule has 0 spiro atoms. The Kier molecular flexibility index (Phi) is 6.74. The van der Waals surface area contributed by atoms with Gasteiger partial charge in [-0.15, -0.1) is 0 Å². The van der Waals surface area contributed by atoms with Crippen molar-refractivity contribution in [2.24, 2.45) is 0 Å².